The van der Waals surface area contributed by atoms with Crippen LogP contribution in [0.4, 0.5) is 4.39 Å². The van der Waals surface area contributed by atoms with Crippen LogP contribution in [0.5, 0.6) is 0 Å². The molecule has 1 heterocycles. The zero-order chi connectivity index (χ0) is 14.5. The lowest BCUT2D eigenvalue weighted by molar-refractivity contribution is 0.497. The lowest BCUT2D eigenvalue weighted by Gasteiger charge is -2.20. The molecule has 0 fully saturated rings. The van der Waals surface area contributed by atoms with Crippen LogP contribution in [-0.2, 0) is 6.42 Å². The molecule has 0 aliphatic heterocycles. The predicted octanol–water partition coefficient (Wildman–Crippen LogP) is 5.70. The van der Waals surface area contributed by atoms with Crippen LogP contribution in [0.1, 0.15) is 29.8 Å². The van der Waals surface area contributed by atoms with Crippen molar-refractivity contribution in [1.82, 2.24) is 5.32 Å². The first kappa shape index (κ1) is 16.1. The summed E-state index contributed by atoms with van der Waals surface area (Å²) in [6.07, 6.45) is 1.81. The predicted molar refractivity (Wildman–Crippen MR) is 90.9 cm³/mol. The van der Waals surface area contributed by atoms with Gasteiger partial charge in [0.2, 0.25) is 0 Å². The van der Waals surface area contributed by atoms with E-state index in [4.69, 9.17) is 0 Å². The van der Waals surface area contributed by atoms with Gasteiger partial charge in [-0.15, -0.1) is 11.3 Å². The summed E-state index contributed by atoms with van der Waals surface area (Å²) in [6, 6.07) is 7.49. The van der Waals surface area contributed by atoms with Crippen molar-refractivity contribution in [2.45, 2.75) is 25.8 Å². The van der Waals surface area contributed by atoms with Crippen LogP contribution in [0.15, 0.2) is 38.6 Å². The lowest BCUT2D eigenvalue weighted by Crippen LogP contribution is -2.25. The number of thiophene rings is 1. The van der Waals surface area contributed by atoms with E-state index in [2.05, 4.69) is 44.1 Å². The summed E-state index contributed by atoms with van der Waals surface area (Å²) in [5, 5.41) is 5.49. The average Bonchev–Trinajstić information content (AvgIpc) is 2.83. The highest BCUT2D eigenvalue weighted by Gasteiger charge is 2.18. The van der Waals surface area contributed by atoms with Crippen molar-refractivity contribution in [3.05, 3.63) is 54.8 Å². The van der Waals surface area contributed by atoms with E-state index in [1.54, 1.807) is 17.4 Å². The molecular formula is C15H16Br2FNS. The third-order valence-corrected chi connectivity index (χ3v) is 5.64. The van der Waals surface area contributed by atoms with Gasteiger partial charge in [0.25, 0.3) is 0 Å². The van der Waals surface area contributed by atoms with Crippen molar-refractivity contribution in [1.29, 1.82) is 0 Å². The normalized spacial score (nSPS) is 12.6. The highest BCUT2D eigenvalue weighted by atomic mass is 79.9. The van der Waals surface area contributed by atoms with Crippen LogP contribution >= 0.6 is 43.2 Å². The second-order valence-corrected chi connectivity index (χ2v) is 7.25. The molecule has 2 aromatic rings. The SMILES string of the molecule is CCCNC(Cc1sccc1Br)c1cccc(Br)c1F. The smallest absolute Gasteiger partial charge is 0.142 e. The van der Waals surface area contributed by atoms with Crippen molar-refractivity contribution in [2.24, 2.45) is 0 Å². The molecule has 0 amide bonds. The Hall–Kier alpha value is -0.230. The first-order valence-corrected chi connectivity index (χ1v) is 8.99. The summed E-state index contributed by atoms with van der Waals surface area (Å²) in [5.74, 6) is -0.172. The molecule has 1 aromatic heterocycles. The minimum atomic E-state index is -0.172. The summed E-state index contributed by atoms with van der Waals surface area (Å²) in [4.78, 5) is 1.23. The molecule has 108 valence electrons. The van der Waals surface area contributed by atoms with Gasteiger partial charge in [0.15, 0.2) is 0 Å². The van der Waals surface area contributed by atoms with Gasteiger partial charge in [-0.2, -0.15) is 0 Å². The zero-order valence-corrected chi connectivity index (χ0v) is 15.1. The highest BCUT2D eigenvalue weighted by molar-refractivity contribution is 9.10. The molecule has 5 heteroatoms. The van der Waals surface area contributed by atoms with E-state index in [0.717, 1.165) is 23.9 Å². The van der Waals surface area contributed by atoms with Gasteiger partial charge in [0.05, 0.1) is 4.47 Å². The van der Waals surface area contributed by atoms with Gasteiger partial charge in [-0.3, -0.25) is 0 Å². The fraction of sp³-hybridized carbons (Fsp3) is 0.333. The molecule has 1 unspecified atom stereocenters. The molecule has 1 N–H and O–H groups in total. The number of halogens is 3. The Morgan fingerprint density at radius 3 is 2.70 bits per heavy atom. The molecule has 20 heavy (non-hydrogen) atoms. The maximum atomic E-state index is 14.3. The first-order valence-electron chi connectivity index (χ1n) is 6.52. The Bertz CT molecular complexity index is 571. The molecule has 0 saturated carbocycles. The average molecular weight is 421 g/mol. The minimum Gasteiger partial charge on any atom is -0.310 e. The van der Waals surface area contributed by atoms with Crippen LogP contribution in [0.2, 0.25) is 0 Å². The second kappa shape index (κ2) is 7.69. The molecule has 0 spiro atoms. The topological polar surface area (TPSA) is 12.0 Å². The maximum Gasteiger partial charge on any atom is 0.142 e. The van der Waals surface area contributed by atoms with Gasteiger partial charge in [-0.1, -0.05) is 19.1 Å². The summed E-state index contributed by atoms with van der Waals surface area (Å²) in [7, 11) is 0. The molecule has 0 aliphatic rings. The Kier molecular flexibility index (Phi) is 6.20. The van der Waals surface area contributed by atoms with Gasteiger partial charge in [0.1, 0.15) is 5.82 Å². The van der Waals surface area contributed by atoms with Gasteiger partial charge < -0.3 is 5.32 Å². The van der Waals surface area contributed by atoms with Crippen molar-refractivity contribution >= 4 is 43.2 Å². The Balaban J connectivity index is 2.27. The van der Waals surface area contributed by atoms with Crippen molar-refractivity contribution in [3.8, 4) is 0 Å². The molecule has 2 rings (SSSR count). The molecular weight excluding hydrogens is 405 g/mol. The quantitative estimate of drug-likeness (QED) is 0.632. The number of rotatable bonds is 6. The van der Waals surface area contributed by atoms with Crippen LogP contribution in [0.3, 0.4) is 0 Å². The molecule has 0 saturated heterocycles. The van der Waals surface area contributed by atoms with E-state index in [9.17, 15) is 4.39 Å². The fourth-order valence-electron chi connectivity index (χ4n) is 2.06. The molecule has 1 atom stereocenters. The zero-order valence-electron chi connectivity index (χ0n) is 11.1. The molecule has 1 nitrogen and oxygen atoms in total. The van der Waals surface area contributed by atoms with E-state index < -0.39 is 0 Å². The van der Waals surface area contributed by atoms with Gasteiger partial charge in [-0.25, -0.2) is 4.39 Å². The lowest BCUT2D eigenvalue weighted by atomic mass is 10.0. The second-order valence-electron chi connectivity index (χ2n) is 4.55. The van der Waals surface area contributed by atoms with E-state index in [-0.39, 0.29) is 11.9 Å². The maximum absolute atomic E-state index is 14.3. The Morgan fingerprint density at radius 1 is 1.25 bits per heavy atom. The first-order chi connectivity index (χ1) is 9.63. The molecule has 0 bridgehead atoms. The van der Waals surface area contributed by atoms with E-state index in [1.165, 1.54) is 4.88 Å². The Morgan fingerprint density at radius 2 is 2.05 bits per heavy atom. The van der Waals surface area contributed by atoms with E-state index >= 15 is 0 Å². The fourth-order valence-corrected chi connectivity index (χ4v) is 4.00. The number of nitrogens with one attached hydrogen (secondary N) is 1. The van der Waals surface area contributed by atoms with Gasteiger partial charge >= 0.3 is 0 Å². The summed E-state index contributed by atoms with van der Waals surface area (Å²) < 4.78 is 15.9. The molecule has 1 aromatic carbocycles. The Labute approximate surface area is 139 Å². The monoisotopic (exact) mass is 419 g/mol. The van der Waals surface area contributed by atoms with Crippen molar-refractivity contribution in [2.75, 3.05) is 6.54 Å². The van der Waals surface area contributed by atoms with Gasteiger partial charge in [-0.05, 0) is 62.3 Å². The third kappa shape index (κ3) is 3.91. The van der Waals surface area contributed by atoms with Crippen LogP contribution < -0.4 is 5.32 Å². The largest absolute Gasteiger partial charge is 0.310 e. The van der Waals surface area contributed by atoms with E-state index in [1.807, 2.05) is 23.6 Å². The van der Waals surface area contributed by atoms with Crippen LogP contribution in [-0.4, -0.2) is 6.54 Å². The van der Waals surface area contributed by atoms with Crippen molar-refractivity contribution < 1.29 is 4.39 Å². The minimum absolute atomic E-state index is 0.0117. The number of benzene rings is 1. The van der Waals surface area contributed by atoms with Crippen LogP contribution in [0.25, 0.3) is 0 Å². The summed E-state index contributed by atoms with van der Waals surface area (Å²) in [5.41, 5.74) is 0.716. The van der Waals surface area contributed by atoms with Crippen molar-refractivity contribution in [3.63, 3.8) is 0 Å². The summed E-state index contributed by atoms with van der Waals surface area (Å²) >= 11 is 8.51. The molecule has 0 aliphatic carbocycles. The molecule has 0 radical (unpaired) electrons. The van der Waals surface area contributed by atoms with Crippen LogP contribution in [0, 0.1) is 5.82 Å². The van der Waals surface area contributed by atoms with E-state index in [0.29, 0.717) is 10.0 Å². The number of hydrogen-bond acceptors (Lipinski definition) is 2. The number of hydrogen-bond donors (Lipinski definition) is 1. The standard InChI is InChI=1S/C15H16Br2FNS/c1-2-7-19-13(9-14-11(16)6-8-20-14)10-4-3-5-12(17)15(10)18/h3-6,8,13,19H,2,7,9H2,1H3. The van der Waals surface area contributed by atoms with Gasteiger partial charge in [0, 0.05) is 27.4 Å². The highest BCUT2D eigenvalue weighted by Crippen LogP contribution is 2.31. The third-order valence-electron chi connectivity index (χ3n) is 3.08. The summed E-state index contributed by atoms with van der Waals surface area (Å²) in [6.45, 7) is 2.99.